The SMILES string of the molecule is CNC1CCCN(c2c(F)cc3c(=O)c(C(=O)O)cn(C4CC4)c3c2OC)C1.O=S(=O)(O)O. The largest absolute Gasteiger partial charge is 0.492 e. The molecule has 33 heavy (non-hydrogen) atoms. The number of carboxylic acids is 1. The number of carboxylic acid groups (broad SMARTS) is 1. The summed E-state index contributed by atoms with van der Waals surface area (Å²) in [6, 6.07) is 1.51. The normalized spacial score (nSPS) is 18.6. The molecule has 1 unspecified atom stereocenters. The van der Waals surface area contributed by atoms with E-state index in [-0.39, 0.29) is 23.0 Å². The van der Waals surface area contributed by atoms with Crippen molar-refractivity contribution in [2.75, 3.05) is 32.1 Å². The smallest absolute Gasteiger partial charge is 0.394 e. The summed E-state index contributed by atoms with van der Waals surface area (Å²) >= 11 is 0. The van der Waals surface area contributed by atoms with Crippen LogP contribution in [0.4, 0.5) is 10.1 Å². The fourth-order valence-electron chi connectivity index (χ4n) is 4.14. The average molecular weight is 488 g/mol. The van der Waals surface area contributed by atoms with Crippen molar-refractivity contribution in [2.24, 2.45) is 0 Å². The molecule has 2 heterocycles. The Kier molecular flexibility index (Phi) is 7.26. The highest BCUT2D eigenvalue weighted by Crippen LogP contribution is 2.44. The number of nitrogens with zero attached hydrogens (tertiary/aromatic N) is 2. The van der Waals surface area contributed by atoms with Gasteiger partial charge in [0.2, 0.25) is 5.43 Å². The third kappa shape index (κ3) is 5.61. The number of aromatic carboxylic acids is 1. The third-order valence-corrected chi connectivity index (χ3v) is 5.72. The number of pyridine rings is 1. The Labute approximate surface area is 189 Å². The quantitative estimate of drug-likeness (QED) is 0.458. The van der Waals surface area contributed by atoms with Crippen LogP contribution in [-0.4, -0.2) is 66.5 Å². The van der Waals surface area contributed by atoms with Gasteiger partial charge in [-0.2, -0.15) is 8.42 Å². The maximum atomic E-state index is 15.2. The number of anilines is 1. The average Bonchev–Trinajstić information content (AvgIpc) is 3.57. The monoisotopic (exact) mass is 487 g/mol. The zero-order chi connectivity index (χ0) is 24.5. The lowest BCUT2D eigenvalue weighted by Crippen LogP contribution is -2.45. The molecule has 13 heteroatoms. The number of halogens is 1. The van der Waals surface area contributed by atoms with Crippen LogP contribution in [0.5, 0.6) is 5.75 Å². The number of aromatic nitrogens is 1. The van der Waals surface area contributed by atoms with Crippen LogP contribution < -0.4 is 20.4 Å². The van der Waals surface area contributed by atoms with Crippen LogP contribution in [0.3, 0.4) is 0 Å². The maximum Gasteiger partial charge on any atom is 0.394 e. The van der Waals surface area contributed by atoms with E-state index in [1.54, 1.807) is 4.57 Å². The number of fused-ring (bicyclic) bond motifs is 1. The van der Waals surface area contributed by atoms with E-state index in [1.807, 2.05) is 11.9 Å². The molecule has 0 bridgehead atoms. The minimum absolute atomic E-state index is 0.0482. The number of piperidine rings is 1. The van der Waals surface area contributed by atoms with Gasteiger partial charge in [0, 0.05) is 31.4 Å². The highest BCUT2D eigenvalue weighted by Gasteiger charge is 2.32. The summed E-state index contributed by atoms with van der Waals surface area (Å²) in [7, 11) is -1.32. The van der Waals surface area contributed by atoms with Crippen molar-refractivity contribution in [3.63, 3.8) is 0 Å². The maximum absolute atomic E-state index is 15.2. The standard InChI is InChI=1S/C20H24FN3O4.H2O4S/c1-22-11-4-3-7-23(9-11)17-15(21)8-13-16(19(17)28-2)24(12-5-6-12)10-14(18(13)25)20(26)27;1-5(2,3)4/h8,10-12,22H,3-7,9H2,1-2H3,(H,26,27);(H2,1,2,3,4). The zero-order valence-corrected chi connectivity index (χ0v) is 18.9. The number of ether oxygens (including phenoxy) is 1. The molecule has 1 aliphatic heterocycles. The molecular formula is C20H26FN3O8S. The van der Waals surface area contributed by atoms with Crippen molar-refractivity contribution < 1.29 is 36.6 Å². The van der Waals surface area contributed by atoms with E-state index < -0.39 is 27.6 Å². The summed E-state index contributed by atoms with van der Waals surface area (Å²) < 4.78 is 54.2. The molecule has 11 nitrogen and oxygen atoms in total. The molecule has 4 N–H and O–H groups in total. The topological polar surface area (TPSA) is 158 Å². The fraction of sp³-hybridized carbons (Fsp3) is 0.500. The van der Waals surface area contributed by atoms with Gasteiger partial charge in [0.1, 0.15) is 11.3 Å². The summed E-state index contributed by atoms with van der Waals surface area (Å²) in [5, 5.41) is 12.7. The summed E-state index contributed by atoms with van der Waals surface area (Å²) in [4.78, 5) is 26.2. The lowest BCUT2D eigenvalue weighted by Gasteiger charge is -2.35. The number of likely N-dealkylation sites (N-methyl/N-ethyl adjacent to an activating group) is 1. The zero-order valence-electron chi connectivity index (χ0n) is 18.1. The van der Waals surface area contributed by atoms with Gasteiger partial charge in [-0.1, -0.05) is 0 Å². The Morgan fingerprint density at radius 3 is 2.42 bits per heavy atom. The Balaban J connectivity index is 0.000000555. The van der Waals surface area contributed by atoms with E-state index in [0.717, 1.165) is 25.7 Å². The molecule has 2 aliphatic rings. The van der Waals surface area contributed by atoms with Gasteiger partial charge >= 0.3 is 16.4 Å². The molecule has 4 rings (SSSR count). The number of carbonyl (C=O) groups is 1. The van der Waals surface area contributed by atoms with Crippen LogP contribution >= 0.6 is 0 Å². The third-order valence-electron chi connectivity index (χ3n) is 5.72. The second-order valence-electron chi connectivity index (χ2n) is 7.97. The molecule has 182 valence electrons. The first-order valence-electron chi connectivity index (χ1n) is 10.3. The van der Waals surface area contributed by atoms with Crippen molar-refractivity contribution in [3.8, 4) is 5.75 Å². The minimum atomic E-state index is -4.67. The van der Waals surface area contributed by atoms with E-state index in [9.17, 15) is 14.7 Å². The second kappa shape index (κ2) is 9.63. The van der Waals surface area contributed by atoms with E-state index in [2.05, 4.69) is 5.32 Å². The van der Waals surface area contributed by atoms with Gasteiger partial charge < -0.3 is 24.6 Å². The van der Waals surface area contributed by atoms with Gasteiger partial charge in [-0.3, -0.25) is 13.9 Å². The molecular weight excluding hydrogens is 461 g/mol. The summed E-state index contributed by atoms with van der Waals surface area (Å²) in [5.41, 5.74) is -0.216. The number of hydrogen-bond acceptors (Lipinski definition) is 7. The molecule has 2 aromatic rings. The molecule has 0 radical (unpaired) electrons. The van der Waals surface area contributed by atoms with Gasteiger partial charge in [0.25, 0.3) is 0 Å². The predicted molar refractivity (Wildman–Crippen MR) is 118 cm³/mol. The lowest BCUT2D eigenvalue weighted by atomic mass is 10.0. The molecule has 0 spiro atoms. The molecule has 1 aliphatic carbocycles. The number of nitrogens with one attached hydrogen (secondary N) is 1. The summed E-state index contributed by atoms with van der Waals surface area (Å²) in [5.74, 6) is -1.58. The first kappa shape index (κ1) is 24.9. The van der Waals surface area contributed by atoms with Crippen LogP contribution in [-0.2, 0) is 10.4 Å². The molecule has 1 aromatic heterocycles. The van der Waals surface area contributed by atoms with Crippen molar-refractivity contribution in [2.45, 2.75) is 37.8 Å². The van der Waals surface area contributed by atoms with Crippen LogP contribution in [0.2, 0.25) is 0 Å². The number of hydrogen-bond donors (Lipinski definition) is 4. The van der Waals surface area contributed by atoms with Crippen molar-refractivity contribution in [1.82, 2.24) is 9.88 Å². The summed E-state index contributed by atoms with van der Waals surface area (Å²) in [6.45, 7) is 1.33. The van der Waals surface area contributed by atoms with Crippen molar-refractivity contribution >= 4 is 33.0 Å². The summed E-state index contributed by atoms with van der Waals surface area (Å²) in [6.07, 6.45) is 5.08. The number of methoxy groups -OCH3 is 1. The van der Waals surface area contributed by atoms with E-state index in [4.69, 9.17) is 22.3 Å². The van der Waals surface area contributed by atoms with E-state index >= 15 is 4.39 Å². The second-order valence-corrected chi connectivity index (χ2v) is 8.87. The Hall–Kier alpha value is -2.74. The Bertz CT molecular complexity index is 1220. The first-order valence-corrected chi connectivity index (χ1v) is 11.7. The fourth-order valence-corrected chi connectivity index (χ4v) is 4.14. The number of rotatable bonds is 5. The van der Waals surface area contributed by atoms with Gasteiger partial charge in [0.15, 0.2) is 11.6 Å². The number of benzene rings is 1. The van der Waals surface area contributed by atoms with Crippen LogP contribution in [0.15, 0.2) is 17.1 Å². The van der Waals surface area contributed by atoms with E-state index in [0.29, 0.717) is 30.0 Å². The first-order chi connectivity index (χ1) is 15.5. The molecule has 1 saturated carbocycles. The van der Waals surface area contributed by atoms with Crippen molar-refractivity contribution in [1.29, 1.82) is 0 Å². The lowest BCUT2D eigenvalue weighted by molar-refractivity contribution is 0.0694. The molecule has 0 amide bonds. The van der Waals surface area contributed by atoms with Crippen LogP contribution in [0, 0.1) is 5.82 Å². The highest BCUT2D eigenvalue weighted by atomic mass is 32.3. The highest BCUT2D eigenvalue weighted by molar-refractivity contribution is 7.79. The molecule has 1 aromatic carbocycles. The Morgan fingerprint density at radius 2 is 1.91 bits per heavy atom. The van der Waals surface area contributed by atoms with Gasteiger partial charge in [0.05, 0.1) is 18.0 Å². The van der Waals surface area contributed by atoms with Gasteiger partial charge in [-0.05, 0) is 38.8 Å². The van der Waals surface area contributed by atoms with Crippen LogP contribution in [0.1, 0.15) is 42.1 Å². The predicted octanol–water partition coefficient (Wildman–Crippen LogP) is 1.72. The van der Waals surface area contributed by atoms with Crippen LogP contribution in [0.25, 0.3) is 10.9 Å². The molecule has 2 fully saturated rings. The van der Waals surface area contributed by atoms with Gasteiger partial charge in [-0.25, -0.2) is 9.18 Å². The van der Waals surface area contributed by atoms with E-state index in [1.165, 1.54) is 19.4 Å². The molecule has 1 atom stereocenters. The minimum Gasteiger partial charge on any atom is -0.492 e. The van der Waals surface area contributed by atoms with Gasteiger partial charge in [-0.15, -0.1) is 0 Å². The Morgan fingerprint density at radius 1 is 1.27 bits per heavy atom. The molecule has 1 saturated heterocycles. The van der Waals surface area contributed by atoms with Crippen molar-refractivity contribution in [3.05, 3.63) is 33.9 Å².